The van der Waals surface area contributed by atoms with Crippen molar-refractivity contribution in [2.75, 3.05) is 31.6 Å². The molecule has 1 unspecified atom stereocenters. The first-order valence-electron chi connectivity index (χ1n) is 7.26. The Morgan fingerprint density at radius 2 is 2.27 bits per heavy atom. The molecule has 0 saturated carbocycles. The molecule has 1 atom stereocenters. The van der Waals surface area contributed by atoms with Crippen LogP contribution >= 0.6 is 27.3 Å². The summed E-state index contributed by atoms with van der Waals surface area (Å²) in [5.74, 6) is -0.0763. The fourth-order valence-corrected chi connectivity index (χ4v) is 3.39. The van der Waals surface area contributed by atoms with E-state index < -0.39 is 0 Å². The van der Waals surface area contributed by atoms with Gasteiger partial charge in [-0.15, -0.1) is 0 Å². The van der Waals surface area contributed by atoms with Gasteiger partial charge in [-0.2, -0.15) is 0 Å². The number of anilines is 1. The van der Waals surface area contributed by atoms with Crippen LogP contribution in [0, 0.1) is 0 Å². The summed E-state index contributed by atoms with van der Waals surface area (Å²) in [5, 5.41) is 3.47. The molecule has 118 valence electrons. The number of halogens is 1. The molecule has 3 rings (SSSR count). The molecule has 0 aliphatic carbocycles. The topological polar surface area (TPSA) is 54.5 Å². The van der Waals surface area contributed by atoms with E-state index in [0.717, 1.165) is 43.1 Å². The van der Waals surface area contributed by atoms with Crippen molar-refractivity contribution in [1.82, 2.24) is 9.88 Å². The van der Waals surface area contributed by atoms with Crippen LogP contribution in [-0.2, 0) is 16.1 Å². The Labute approximate surface area is 141 Å². The molecule has 1 saturated heterocycles. The quantitative estimate of drug-likeness (QED) is 0.824. The number of morpholine rings is 1. The van der Waals surface area contributed by atoms with E-state index in [9.17, 15) is 4.79 Å². The number of alkyl halides is 1. The molecule has 5 nitrogen and oxygen atoms in total. The van der Waals surface area contributed by atoms with Gasteiger partial charge >= 0.3 is 0 Å². The molecular formula is C15H18BrN3O2S. The third kappa shape index (κ3) is 3.84. The third-order valence-corrected chi connectivity index (χ3v) is 4.90. The second-order valence-electron chi connectivity index (χ2n) is 5.31. The number of carbonyl (C=O) groups is 1. The van der Waals surface area contributed by atoms with E-state index in [2.05, 4.69) is 43.3 Å². The van der Waals surface area contributed by atoms with Crippen LogP contribution in [0.3, 0.4) is 0 Å². The monoisotopic (exact) mass is 383 g/mol. The van der Waals surface area contributed by atoms with Gasteiger partial charge in [-0.1, -0.05) is 33.3 Å². The Kier molecular flexibility index (Phi) is 5.07. The number of rotatable bonds is 4. The average Bonchev–Trinajstić information content (AvgIpc) is 2.89. The van der Waals surface area contributed by atoms with Gasteiger partial charge in [0.2, 0.25) is 5.91 Å². The molecule has 1 fully saturated rings. The lowest BCUT2D eigenvalue weighted by Gasteiger charge is -2.26. The summed E-state index contributed by atoms with van der Waals surface area (Å²) in [4.78, 5) is 18.3. The molecule has 22 heavy (non-hydrogen) atoms. The summed E-state index contributed by atoms with van der Waals surface area (Å²) in [7, 11) is 0. The molecular weight excluding hydrogens is 366 g/mol. The van der Waals surface area contributed by atoms with Gasteiger partial charge in [0.1, 0.15) is 0 Å². The normalized spacial score (nSPS) is 17.5. The van der Waals surface area contributed by atoms with E-state index in [-0.39, 0.29) is 10.7 Å². The Balaban J connectivity index is 1.73. The second kappa shape index (κ2) is 7.04. The second-order valence-corrected chi connectivity index (χ2v) is 7.72. The number of ether oxygens (including phenoxy) is 1. The van der Waals surface area contributed by atoms with Crippen LogP contribution in [0.15, 0.2) is 18.2 Å². The lowest BCUT2D eigenvalue weighted by Crippen LogP contribution is -2.35. The highest BCUT2D eigenvalue weighted by atomic mass is 79.9. The predicted octanol–water partition coefficient (Wildman–Crippen LogP) is 2.85. The van der Waals surface area contributed by atoms with Crippen LogP contribution in [-0.4, -0.2) is 46.9 Å². The van der Waals surface area contributed by atoms with Crippen LogP contribution in [0.4, 0.5) is 5.13 Å². The standard InChI is InChI=1S/C15H18BrN3O2S/c1-10(16)14(20)18-15-17-12-3-2-11(8-13(12)22-15)9-19-4-6-21-7-5-19/h2-3,8,10H,4-7,9H2,1H3,(H,17,18,20). The molecule has 2 aromatic rings. The van der Waals surface area contributed by atoms with Crippen molar-refractivity contribution in [3.8, 4) is 0 Å². The predicted molar refractivity (Wildman–Crippen MR) is 92.7 cm³/mol. The molecule has 1 aromatic heterocycles. The molecule has 0 radical (unpaired) electrons. The van der Waals surface area contributed by atoms with Crippen molar-refractivity contribution in [1.29, 1.82) is 0 Å². The third-order valence-electron chi connectivity index (χ3n) is 3.55. The van der Waals surface area contributed by atoms with Crippen molar-refractivity contribution in [3.05, 3.63) is 23.8 Å². The van der Waals surface area contributed by atoms with E-state index in [1.165, 1.54) is 16.9 Å². The number of nitrogens with zero attached hydrogens (tertiary/aromatic N) is 2. The summed E-state index contributed by atoms with van der Waals surface area (Å²) in [6.45, 7) is 6.30. The van der Waals surface area contributed by atoms with Crippen LogP contribution in [0.5, 0.6) is 0 Å². The fourth-order valence-electron chi connectivity index (χ4n) is 2.34. The van der Waals surface area contributed by atoms with Gasteiger partial charge in [-0.05, 0) is 24.6 Å². The summed E-state index contributed by atoms with van der Waals surface area (Å²) in [6, 6.07) is 6.29. The molecule has 1 amide bonds. The molecule has 1 aliphatic rings. The van der Waals surface area contributed by atoms with Crippen LogP contribution in [0.1, 0.15) is 12.5 Å². The molecule has 1 N–H and O–H groups in total. The lowest BCUT2D eigenvalue weighted by molar-refractivity contribution is -0.115. The Hall–Kier alpha value is -1.02. The summed E-state index contributed by atoms with van der Waals surface area (Å²) in [6.07, 6.45) is 0. The van der Waals surface area contributed by atoms with Gasteiger partial charge in [-0.3, -0.25) is 9.69 Å². The van der Waals surface area contributed by atoms with Crippen LogP contribution < -0.4 is 5.32 Å². The van der Waals surface area contributed by atoms with Gasteiger partial charge in [0.15, 0.2) is 5.13 Å². The smallest absolute Gasteiger partial charge is 0.239 e. The summed E-state index contributed by atoms with van der Waals surface area (Å²) < 4.78 is 6.47. The minimum atomic E-state index is -0.226. The van der Waals surface area contributed by atoms with E-state index in [1.807, 2.05) is 6.07 Å². The van der Waals surface area contributed by atoms with Gasteiger partial charge in [-0.25, -0.2) is 4.98 Å². The number of hydrogen-bond donors (Lipinski definition) is 1. The lowest BCUT2D eigenvalue weighted by atomic mass is 10.2. The highest BCUT2D eigenvalue weighted by Crippen LogP contribution is 2.27. The Morgan fingerprint density at radius 3 is 3.00 bits per heavy atom. The van der Waals surface area contributed by atoms with Gasteiger partial charge in [0.25, 0.3) is 0 Å². The highest BCUT2D eigenvalue weighted by molar-refractivity contribution is 9.10. The summed E-state index contributed by atoms with van der Waals surface area (Å²) in [5.41, 5.74) is 2.19. The minimum Gasteiger partial charge on any atom is -0.379 e. The average molecular weight is 384 g/mol. The van der Waals surface area contributed by atoms with Crippen molar-refractivity contribution in [2.24, 2.45) is 0 Å². The Morgan fingerprint density at radius 1 is 1.50 bits per heavy atom. The first-order valence-corrected chi connectivity index (χ1v) is 8.99. The number of fused-ring (bicyclic) bond motifs is 1. The number of carbonyl (C=O) groups excluding carboxylic acids is 1. The molecule has 0 spiro atoms. The zero-order valence-corrected chi connectivity index (χ0v) is 14.7. The minimum absolute atomic E-state index is 0.0763. The van der Waals surface area contributed by atoms with Crippen LogP contribution in [0.25, 0.3) is 10.2 Å². The first kappa shape index (κ1) is 15.9. The van der Waals surface area contributed by atoms with Crippen molar-refractivity contribution < 1.29 is 9.53 Å². The first-order chi connectivity index (χ1) is 10.6. The highest BCUT2D eigenvalue weighted by Gasteiger charge is 2.14. The van der Waals surface area contributed by atoms with Gasteiger partial charge < -0.3 is 10.1 Å². The maximum atomic E-state index is 11.7. The fraction of sp³-hybridized carbons (Fsp3) is 0.467. The largest absolute Gasteiger partial charge is 0.379 e. The maximum Gasteiger partial charge on any atom is 0.239 e. The van der Waals surface area contributed by atoms with Crippen LogP contribution in [0.2, 0.25) is 0 Å². The van der Waals surface area contributed by atoms with Gasteiger partial charge in [0.05, 0.1) is 28.3 Å². The number of aromatic nitrogens is 1. The number of hydrogen-bond acceptors (Lipinski definition) is 5. The SMILES string of the molecule is CC(Br)C(=O)Nc1nc2ccc(CN3CCOCC3)cc2s1. The van der Waals surface area contributed by atoms with E-state index in [1.54, 1.807) is 6.92 Å². The van der Waals surface area contributed by atoms with Crippen molar-refractivity contribution in [3.63, 3.8) is 0 Å². The molecule has 1 aliphatic heterocycles. The zero-order chi connectivity index (χ0) is 15.5. The van der Waals surface area contributed by atoms with Crippen molar-refractivity contribution >= 4 is 48.5 Å². The summed E-state index contributed by atoms with van der Waals surface area (Å²) >= 11 is 4.77. The number of thiazole rings is 1. The zero-order valence-electron chi connectivity index (χ0n) is 12.3. The molecule has 2 heterocycles. The van der Waals surface area contributed by atoms with Crippen molar-refractivity contribution in [2.45, 2.75) is 18.3 Å². The maximum absolute atomic E-state index is 11.7. The number of benzene rings is 1. The van der Waals surface area contributed by atoms with Gasteiger partial charge in [0, 0.05) is 19.6 Å². The molecule has 7 heteroatoms. The van der Waals surface area contributed by atoms with E-state index in [4.69, 9.17) is 4.74 Å². The molecule has 0 bridgehead atoms. The van der Waals surface area contributed by atoms with E-state index in [0.29, 0.717) is 5.13 Å². The Bertz CT molecular complexity index is 668. The number of amides is 1. The van der Waals surface area contributed by atoms with E-state index >= 15 is 0 Å². The molecule has 1 aromatic carbocycles. The number of nitrogens with one attached hydrogen (secondary N) is 1.